The van der Waals surface area contributed by atoms with Gasteiger partial charge in [-0.2, -0.15) is 0 Å². The summed E-state index contributed by atoms with van der Waals surface area (Å²) in [5.74, 6) is 1.69. The Morgan fingerprint density at radius 1 is 1.00 bits per heavy atom. The zero-order valence-corrected chi connectivity index (χ0v) is 6.25. The molecule has 0 aromatic heterocycles. The minimum Gasteiger partial charge on any atom is -0.454 e. The molecule has 0 saturated carbocycles. The molecule has 1 aliphatic rings. The van der Waals surface area contributed by atoms with E-state index < -0.39 is 0 Å². The first-order valence-corrected chi connectivity index (χ1v) is 3.31. The van der Waals surface area contributed by atoms with Crippen molar-refractivity contribution in [2.75, 3.05) is 6.79 Å². The van der Waals surface area contributed by atoms with Gasteiger partial charge >= 0.3 is 0 Å². The topological polar surface area (TPSA) is 18.5 Å². The van der Waals surface area contributed by atoms with E-state index in [2.05, 4.69) is 13.2 Å². The SMILES string of the molecule is C=C.c1ccc2c(c1)OCO2. The molecule has 0 amide bonds. The van der Waals surface area contributed by atoms with Gasteiger partial charge in [0.1, 0.15) is 0 Å². The molecule has 2 rings (SSSR count). The molecular formula is C9H10O2. The van der Waals surface area contributed by atoms with Crippen LogP contribution in [0.25, 0.3) is 0 Å². The molecule has 1 aromatic carbocycles. The number of para-hydroxylation sites is 2. The van der Waals surface area contributed by atoms with Gasteiger partial charge in [0.15, 0.2) is 11.5 Å². The lowest BCUT2D eigenvalue weighted by Crippen LogP contribution is -1.92. The van der Waals surface area contributed by atoms with Gasteiger partial charge in [-0.3, -0.25) is 0 Å². The van der Waals surface area contributed by atoms with Crippen molar-refractivity contribution in [3.8, 4) is 11.5 Å². The van der Waals surface area contributed by atoms with Gasteiger partial charge in [0.2, 0.25) is 6.79 Å². The van der Waals surface area contributed by atoms with E-state index in [0.717, 1.165) is 11.5 Å². The van der Waals surface area contributed by atoms with E-state index in [9.17, 15) is 0 Å². The van der Waals surface area contributed by atoms with Crippen molar-refractivity contribution in [1.82, 2.24) is 0 Å². The Bertz CT molecular complexity index is 210. The molecule has 1 heterocycles. The van der Waals surface area contributed by atoms with Crippen molar-refractivity contribution in [3.05, 3.63) is 37.4 Å². The second kappa shape index (κ2) is 3.66. The van der Waals surface area contributed by atoms with E-state index in [0.29, 0.717) is 6.79 Å². The van der Waals surface area contributed by atoms with Crippen LogP contribution in [0.3, 0.4) is 0 Å². The van der Waals surface area contributed by atoms with Crippen molar-refractivity contribution < 1.29 is 9.47 Å². The Balaban J connectivity index is 0.000000281. The summed E-state index contributed by atoms with van der Waals surface area (Å²) in [6.45, 7) is 6.36. The third-order valence-electron chi connectivity index (χ3n) is 1.28. The van der Waals surface area contributed by atoms with Gasteiger partial charge in [-0.25, -0.2) is 0 Å². The first kappa shape index (κ1) is 7.66. The van der Waals surface area contributed by atoms with Crippen molar-refractivity contribution in [1.29, 1.82) is 0 Å². The van der Waals surface area contributed by atoms with Gasteiger partial charge in [0.25, 0.3) is 0 Å². The number of fused-ring (bicyclic) bond motifs is 1. The lowest BCUT2D eigenvalue weighted by atomic mass is 10.3. The number of hydrogen-bond donors (Lipinski definition) is 0. The molecule has 0 atom stereocenters. The number of rotatable bonds is 0. The molecule has 2 heteroatoms. The van der Waals surface area contributed by atoms with Gasteiger partial charge < -0.3 is 9.47 Å². The van der Waals surface area contributed by atoms with Gasteiger partial charge in [-0.05, 0) is 12.1 Å². The van der Waals surface area contributed by atoms with Crippen LogP contribution in [0, 0.1) is 0 Å². The third kappa shape index (κ3) is 1.52. The Morgan fingerprint density at radius 2 is 1.45 bits per heavy atom. The van der Waals surface area contributed by atoms with Crippen molar-refractivity contribution in [2.24, 2.45) is 0 Å². The maximum Gasteiger partial charge on any atom is 0.231 e. The zero-order chi connectivity index (χ0) is 8.10. The van der Waals surface area contributed by atoms with Crippen LogP contribution in [0.4, 0.5) is 0 Å². The Labute approximate surface area is 66.1 Å². The molecule has 0 radical (unpaired) electrons. The number of ether oxygens (including phenoxy) is 2. The molecule has 0 N–H and O–H groups in total. The fraction of sp³-hybridized carbons (Fsp3) is 0.111. The van der Waals surface area contributed by atoms with E-state index in [1.54, 1.807) is 0 Å². The molecule has 11 heavy (non-hydrogen) atoms. The quantitative estimate of drug-likeness (QED) is 0.528. The summed E-state index contributed by atoms with van der Waals surface area (Å²) in [4.78, 5) is 0. The Hall–Kier alpha value is -1.44. The summed E-state index contributed by atoms with van der Waals surface area (Å²) in [6, 6.07) is 7.63. The summed E-state index contributed by atoms with van der Waals surface area (Å²) < 4.78 is 10.2. The van der Waals surface area contributed by atoms with Crippen molar-refractivity contribution >= 4 is 0 Å². The van der Waals surface area contributed by atoms with E-state index in [1.807, 2.05) is 24.3 Å². The van der Waals surface area contributed by atoms with Crippen LogP contribution in [0.15, 0.2) is 37.4 Å². The number of benzene rings is 1. The molecule has 58 valence electrons. The highest BCUT2D eigenvalue weighted by Crippen LogP contribution is 2.30. The maximum atomic E-state index is 5.08. The Kier molecular flexibility index (Phi) is 2.55. The summed E-state index contributed by atoms with van der Waals surface area (Å²) in [5, 5.41) is 0. The highest BCUT2D eigenvalue weighted by Gasteiger charge is 2.09. The van der Waals surface area contributed by atoms with E-state index >= 15 is 0 Å². The minimum atomic E-state index is 0.360. The largest absolute Gasteiger partial charge is 0.454 e. The predicted octanol–water partition coefficient (Wildman–Crippen LogP) is 2.22. The fourth-order valence-electron chi connectivity index (χ4n) is 0.845. The molecule has 0 unspecified atom stereocenters. The van der Waals surface area contributed by atoms with E-state index in [4.69, 9.17) is 9.47 Å². The van der Waals surface area contributed by atoms with Crippen LogP contribution in [-0.4, -0.2) is 6.79 Å². The minimum absolute atomic E-state index is 0.360. The molecule has 0 spiro atoms. The predicted molar refractivity (Wildman–Crippen MR) is 43.8 cm³/mol. The molecule has 1 aliphatic heterocycles. The first-order chi connectivity index (χ1) is 5.47. The smallest absolute Gasteiger partial charge is 0.231 e. The van der Waals surface area contributed by atoms with Crippen LogP contribution < -0.4 is 9.47 Å². The van der Waals surface area contributed by atoms with Crippen molar-refractivity contribution in [3.63, 3.8) is 0 Å². The molecule has 1 aromatic rings. The summed E-state index contributed by atoms with van der Waals surface area (Å²) >= 11 is 0. The molecular weight excluding hydrogens is 140 g/mol. The monoisotopic (exact) mass is 150 g/mol. The molecule has 0 fully saturated rings. The lowest BCUT2D eigenvalue weighted by Gasteiger charge is -1.89. The van der Waals surface area contributed by atoms with Gasteiger partial charge in [-0.1, -0.05) is 12.1 Å². The highest BCUT2D eigenvalue weighted by atomic mass is 16.7. The summed E-state index contributed by atoms with van der Waals surface area (Å²) in [7, 11) is 0. The van der Waals surface area contributed by atoms with Crippen LogP contribution in [-0.2, 0) is 0 Å². The Morgan fingerprint density at radius 3 is 1.91 bits per heavy atom. The molecule has 0 aliphatic carbocycles. The fourth-order valence-corrected chi connectivity index (χ4v) is 0.845. The average molecular weight is 150 g/mol. The summed E-state index contributed by atoms with van der Waals surface area (Å²) in [5.41, 5.74) is 0. The van der Waals surface area contributed by atoms with Crippen molar-refractivity contribution in [2.45, 2.75) is 0 Å². The second-order valence-corrected chi connectivity index (χ2v) is 1.85. The van der Waals surface area contributed by atoms with Crippen LogP contribution in [0.5, 0.6) is 11.5 Å². The number of hydrogen-bond acceptors (Lipinski definition) is 2. The maximum absolute atomic E-state index is 5.08. The zero-order valence-electron chi connectivity index (χ0n) is 6.25. The second-order valence-electron chi connectivity index (χ2n) is 1.85. The van der Waals surface area contributed by atoms with Crippen LogP contribution >= 0.6 is 0 Å². The molecule has 0 saturated heterocycles. The van der Waals surface area contributed by atoms with Gasteiger partial charge in [0, 0.05) is 0 Å². The summed E-state index contributed by atoms with van der Waals surface area (Å²) in [6.07, 6.45) is 0. The standard InChI is InChI=1S/C7H6O2.C2H4/c1-2-4-7-6(3-1)8-5-9-7;1-2/h1-4H,5H2;1-2H2. The lowest BCUT2D eigenvalue weighted by molar-refractivity contribution is 0.174. The van der Waals surface area contributed by atoms with E-state index in [-0.39, 0.29) is 0 Å². The first-order valence-electron chi connectivity index (χ1n) is 3.31. The molecule has 2 nitrogen and oxygen atoms in total. The van der Waals surface area contributed by atoms with Gasteiger partial charge in [0.05, 0.1) is 0 Å². The average Bonchev–Trinajstić information content (AvgIpc) is 2.55. The normalized spacial score (nSPS) is 11.6. The van der Waals surface area contributed by atoms with Crippen LogP contribution in [0.2, 0.25) is 0 Å². The van der Waals surface area contributed by atoms with Crippen LogP contribution in [0.1, 0.15) is 0 Å². The van der Waals surface area contributed by atoms with E-state index in [1.165, 1.54) is 0 Å². The highest BCUT2D eigenvalue weighted by molar-refractivity contribution is 5.40. The molecule has 0 bridgehead atoms. The third-order valence-corrected chi connectivity index (χ3v) is 1.28. The van der Waals surface area contributed by atoms with Gasteiger partial charge in [-0.15, -0.1) is 13.2 Å².